The Morgan fingerprint density at radius 1 is 1.42 bits per heavy atom. The van der Waals surface area contributed by atoms with Gasteiger partial charge in [-0.2, -0.15) is 0 Å². The second-order valence-electron chi connectivity index (χ2n) is 7.31. The number of hydrogen-bond acceptors (Lipinski definition) is 4. The molecule has 1 spiro atoms. The van der Waals surface area contributed by atoms with Gasteiger partial charge in [-0.15, -0.1) is 0 Å². The summed E-state index contributed by atoms with van der Waals surface area (Å²) in [5.41, 5.74) is 5.78. The number of ether oxygens (including phenoxy) is 1. The SMILES string of the molecule is C/C=C1/CN2CC[C@]34C(=C(C(=O)OC)[C@H]1C[C@H]23)Nc1ccccc14. The van der Waals surface area contributed by atoms with Crippen molar-refractivity contribution in [3.8, 4) is 0 Å². The van der Waals surface area contributed by atoms with E-state index in [1.807, 2.05) is 0 Å². The Morgan fingerprint density at radius 2 is 2.25 bits per heavy atom. The third-order valence-corrected chi connectivity index (χ3v) is 6.60. The van der Waals surface area contributed by atoms with Gasteiger partial charge in [-0.3, -0.25) is 4.90 Å². The van der Waals surface area contributed by atoms with Crippen LogP contribution in [-0.4, -0.2) is 37.1 Å². The van der Waals surface area contributed by atoms with Gasteiger partial charge in [0.2, 0.25) is 0 Å². The number of fused-ring (bicyclic) bond motifs is 2. The van der Waals surface area contributed by atoms with Crippen LogP contribution in [0.25, 0.3) is 0 Å². The predicted octanol–water partition coefficient (Wildman–Crippen LogP) is 2.83. The lowest BCUT2D eigenvalue weighted by Gasteiger charge is -2.48. The zero-order chi connectivity index (χ0) is 16.5. The molecule has 124 valence electrons. The maximum atomic E-state index is 12.7. The molecule has 4 heteroatoms. The Hall–Kier alpha value is -2.07. The van der Waals surface area contributed by atoms with Crippen LogP contribution in [0, 0.1) is 5.92 Å². The lowest BCUT2D eigenvalue weighted by Crippen LogP contribution is -2.53. The number of benzene rings is 1. The first-order chi connectivity index (χ1) is 11.7. The van der Waals surface area contributed by atoms with Gasteiger partial charge in [0, 0.05) is 36.4 Å². The van der Waals surface area contributed by atoms with Crippen LogP contribution < -0.4 is 5.32 Å². The zero-order valence-electron chi connectivity index (χ0n) is 14.1. The van der Waals surface area contributed by atoms with Crippen LogP contribution in [0.1, 0.15) is 25.3 Å². The number of rotatable bonds is 1. The molecule has 3 heterocycles. The summed E-state index contributed by atoms with van der Waals surface area (Å²) >= 11 is 0. The van der Waals surface area contributed by atoms with E-state index in [4.69, 9.17) is 4.74 Å². The summed E-state index contributed by atoms with van der Waals surface area (Å²) in [7, 11) is 1.50. The van der Waals surface area contributed by atoms with E-state index in [2.05, 4.69) is 47.5 Å². The van der Waals surface area contributed by atoms with Crippen molar-refractivity contribution in [1.29, 1.82) is 0 Å². The Bertz CT molecular complexity index is 810. The first-order valence-corrected chi connectivity index (χ1v) is 8.79. The van der Waals surface area contributed by atoms with Crippen molar-refractivity contribution in [2.24, 2.45) is 5.92 Å². The van der Waals surface area contributed by atoms with Crippen LogP contribution >= 0.6 is 0 Å². The summed E-state index contributed by atoms with van der Waals surface area (Å²) in [6, 6.07) is 9.03. The largest absolute Gasteiger partial charge is 0.466 e. The summed E-state index contributed by atoms with van der Waals surface area (Å²) in [5.74, 6) is 0.0135. The van der Waals surface area contributed by atoms with Gasteiger partial charge in [-0.1, -0.05) is 29.8 Å². The van der Waals surface area contributed by atoms with Gasteiger partial charge < -0.3 is 10.1 Å². The van der Waals surface area contributed by atoms with Crippen LogP contribution in [0.2, 0.25) is 0 Å². The molecule has 1 N–H and O–H groups in total. The third kappa shape index (κ3) is 1.50. The molecule has 4 aliphatic rings. The smallest absolute Gasteiger partial charge is 0.336 e. The van der Waals surface area contributed by atoms with E-state index in [1.165, 1.54) is 18.2 Å². The van der Waals surface area contributed by atoms with Crippen LogP contribution in [0.5, 0.6) is 0 Å². The molecule has 24 heavy (non-hydrogen) atoms. The zero-order valence-corrected chi connectivity index (χ0v) is 14.1. The number of anilines is 1. The first kappa shape index (κ1) is 14.3. The summed E-state index contributed by atoms with van der Waals surface area (Å²) in [6.45, 7) is 4.15. The number of nitrogens with zero attached hydrogens (tertiary/aromatic N) is 1. The van der Waals surface area contributed by atoms with Crippen LogP contribution in [0.4, 0.5) is 5.69 Å². The molecular formula is C20H22N2O2. The van der Waals surface area contributed by atoms with Gasteiger partial charge in [0.1, 0.15) is 0 Å². The van der Waals surface area contributed by atoms with Gasteiger partial charge in [0.15, 0.2) is 0 Å². The number of esters is 1. The third-order valence-electron chi connectivity index (χ3n) is 6.60. The molecule has 3 atom stereocenters. The predicted molar refractivity (Wildman–Crippen MR) is 92.6 cm³/mol. The quantitative estimate of drug-likeness (QED) is 0.638. The van der Waals surface area contributed by atoms with E-state index in [0.29, 0.717) is 6.04 Å². The average Bonchev–Trinajstić information content (AvgIpc) is 3.17. The fourth-order valence-electron chi connectivity index (χ4n) is 5.61. The van der Waals surface area contributed by atoms with E-state index in [9.17, 15) is 4.79 Å². The Kier molecular flexibility index (Phi) is 2.82. The van der Waals surface area contributed by atoms with Crippen molar-refractivity contribution in [3.05, 3.63) is 52.7 Å². The molecule has 3 aliphatic heterocycles. The fraction of sp³-hybridized carbons (Fsp3) is 0.450. The molecule has 1 aliphatic carbocycles. The highest BCUT2D eigenvalue weighted by Crippen LogP contribution is 2.61. The molecule has 2 fully saturated rings. The van der Waals surface area contributed by atoms with Crippen molar-refractivity contribution in [2.75, 3.05) is 25.5 Å². The number of para-hydroxylation sites is 1. The van der Waals surface area contributed by atoms with Gasteiger partial charge >= 0.3 is 5.97 Å². The molecule has 5 rings (SSSR count). The minimum atomic E-state index is -0.173. The lowest BCUT2D eigenvalue weighted by molar-refractivity contribution is -0.137. The number of nitrogens with one attached hydrogen (secondary N) is 1. The van der Waals surface area contributed by atoms with E-state index in [-0.39, 0.29) is 17.3 Å². The molecule has 0 radical (unpaired) electrons. The minimum Gasteiger partial charge on any atom is -0.466 e. The van der Waals surface area contributed by atoms with Crippen molar-refractivity contribution in [3.63, 3.8) is 0 Å². The minimum absolute atomic E-state index is 0.0596. The highest BCUT2D eigenvalue weighted by molar-refractivity contribution is 5.94. The number of carbonyl (C=O) groups excluding carboxylic acids is 1. The molecule has 1 aromatic carbocycles. The average molecular weight is 322 g/mol. The van der Waals surface area contributed by atoms with Crippen molar-refractivity contribution in [2.45, 2.75) is 31.2 Å². The van der Waals surface area contributed by atoms with Crippen molar-refractivity contribution >= 4 is 11.7 Å². The van der Waals surface area contributed by atoms with E-state index < -0.39 is 0 Å². The molecule has 0 unspecified atom stereocenters. The second-order valence-corrected chi connectivity index (χ2v) is 7.31. The van der Waals surface area contributed by atoms with Crippen LogP contribution in [0.3, 0.4) is 0 Å². The van der Waals surface area contributed by atoms with Gasteiger partial charge in [0.05, 0.1) is 18.1 Å². The standard InChI is InChI=1S/C20H22N2O2/c1-3-12-11-22-9-8-20-14-6-4-5-7-15(14)21-18(20)17(19(23)24-2)13(12)10-16(20)22/h3-7,13,16,21H,8-11H2,1-2H3/b12-3-/t13-,16-,20+/m0/s1. The number of carbonyl (C=O) groups is 1. The lowest BCUT2D eigenvalue weighted by atomic mass is 9.62. The summed E-state index contributed by atoms with van der Waals surface area (Å²) in [5, 5.41) is 3.62. The van der Waals surface area contributed by atoms with Crippen molar-refractivity contribution < 1.29 is 9.53 Å². The molecule has 2 saturated heterocycles. The number of allylic oxidation sites excluding steroid dienone is 1. The second kappa shape index (κ2) is 4.73. The topological polar surface area (TPSA) is 41.6 Å². The summed E-state index contributed by atoms with van der Waals surface area (Å²) < 4.78 is 5.21. The molecule has 0 amide bonds. The van der Waals surface area contributed by atoms with Gasteiger partial charge in [-0.25, -0.2) is 4.79 Å². The Balaban J connectivity index is 1.82. The first-order valence-electron chi connectivity index (χ1n) is 8.79. The van der Waals surface area contributed by atoms with E-state index >= 15 is 0 Å². The number of piperidine rings is 1. The molecule has 0 saturated carbocycles. The maximum Gasteiger partial charge on any atom is 0.336 e. The highest BCUT2D eigenvalue weighted by Gasteiger charge is 2.62. The monoisotopic (exact) mass is 322 g/mol. The fourth-order valence-corrected chi connectivity index (χ4v) is 5.61. The molecule has 2 bridgehead atoms. The normalized spacial score (nSPS) is 34.8. The molecule has 4 nitrogen and oxygen atoms in total. The molecular weight excluding hydrogens is 300 g/mol. The van der Waals surface area contributed by atoms with Crippen LogP contribution in [0.15, 0.2) is 47.2 Å². The van der Waals surface area contributed by atoms with E-state index in [1.54, 1.807) is 0 Å². The molecule has 0 aromatic heterocycles. The Labute approximate surface area is 142 Å². The summed E-state index contributed by atoms with van der Waals surface area (Å²) in [6.07, 6.45) is 4.28. The van der Waals surface area contributed by atoms with Gasteiger partial charge in [0.25, 0.3) is 0 Å². The maximum absolute atomic E-state index is 12.7. The Morgan fingerprint density at radius 3 is 3.04 bits per heavy atom. The van der Waals surface area contributed by atoms with Gasteiger partial charge in [-0.05, 0) is 31.4 Å². The number of methoxy groups -OCH3 is 1. The molecule has 1 aromatic rings. The number of hydrogen-bond donors (Lipinski definition) is 1. The van der Waals surface area contributed by atoms with E-state index in [0.717, 1.165) is 42.9 Å². The summed E-state index contributed by atoms with van der Waals surface area (Å²) in [4.78, 5) is 15.3. The van der Waals surface area contributed by atoms with Crippen LogP contribution in [-0.2, 0) is 14.9 Å². The van der Waals surface area contributed by atoms with Crippen molar-refractivity contribution in [1.82, 2.24) is 4.90 Å². The highest BCUT2D eigenvalue weighted by atomic mass is 16.5.